The Morgan fingerprint density at radius 3 is 2.60 bits per heavy atom. The third kappa shape index (κ3) is 4.40. The number of carbonyl (C=O) groups excluding carboxylic acids is 1. The molecule has 0 bridgehead atoms. The maximum atomic E-state index is 11.5. The van der Waals surface area contributed by atoms with E-state index in [1.54, 1.807) is 18.3 Å². The van der Waals surface area contributed by atoms with Gasteiger partial charge in [-0.3, -0.25) is 9.63 Å². The van der Waals surface area contributed by atoms with Gasteiger partial charge in [0.15, 0.2) is 0 Å². The van der Waals surface area contributed by atoms with Crippen molar-refractivity contribution in [1.82, 2.24) is 10.5 Å². The van der Waals surface area contributed by atoms with Crippen LogP contribution >= 0.6 is 15.9 Å². The molecule has 1 heterocycles. The van der Waals surface area contributed by atoms with Crippen molar-refractivity contribution in [3.8, 4) is 0 Å². The third-order valence-electron chi connectivity index (χ3n) is 1.41. The molecule has 1 rings (SSSR count). The van der Waals surface area contributed by atoms with E-state index in [1.807, 2.05) is 20.8 Å². The van der Waals surface area contributed by atoms with Crippen molar-refractivity contribution in [2.45, 2.75) is 26.4 Å². The molecule has 4 nitrogen and oxygen atoms in total. The van der Waals surface area contributed by atoms with Gasteiger partial charge in [-0.25, -0.2) is 10.5 Å². The van der Waals surface area contributed by atoms with E-state index in [1.165, 1.54) is 0 Å². The quantitative estimate of drug-likeness (QED) is 0.841. The number of hydrogen-bond donors (Lipinski definition) is 1. The number of halogens is 1. The van der Waals surface area contributed by atoms with Gasteiger partial charge in [-0.05, 0) is 48.8 Å². The van der Waals surface area contributed by atoms with Gasteiger partial charge in [0, 0.05) is 10.7 Å². The molecular weight excluding hydrogens is 260 g/mol. The summed E-state index contributed by atoms with van der Waals surface area (Å²) in [5.41, 5.74) is 2.25. The second-order valence-electron chi connectivity index (χ2n) is 4.01. The maximum Gasteiger partial charge on any atom is 0.293 e. The Kier molecular flexibility index (Phi) is 3.82. The summed E-state index contributed by atoms with van der Waals surface area (Å²) in [7, 11) is 0. The molecule has 0 fully saturated rings. The first kappa shape index (κ1) is 12.1. The lowest BCUT2D eigenvalue weighted by Crippen LogP contribution is -2.33. The largest absolute Gasteiger partial charge is 0.293 e. The third-order valence-corrected chi connectivity index (χ3v) is 1.88. The molecule has 0 aliphatic heterocycles. The number of rotatable bonds is 2. The number of hydroxylamine groups is 1. The van der Waals surface area contributed by atoms with Crippen LogP contribution in [-0.4, -0.2) is 16.5 Å². The van der Waals surface area contributed by atoms with Gasteiger partial charge in [0.25, 0.3) is 5.91 Å². The highest BCUT2D eigenvalue weighted by Crippen LogP contribution is 2.08. The lowest BCUT2D eigenvalue weighted by Gasteiger charge is -2.18. The summed E-state index contributed by atoms with van der Waals surface area (Å²) in [6.45, 7) is 5.55. The predicted octanol–water partition coefficient (Wildman–Crippen LogP) is 2.30. The Morgan fingerprint density at radius 2 is 2.13 bits per heavy atom. The van der Waals surface area contributed by atoms with Crippen LogP contribution in [0.25, 0.3) is 0 Å². The SMILES string of the molecule is CC(C)(C)ONC(=O)c1ccc(Br)cn1. The van der Waals surface area contributed by atoms with Crippen molar-refractivity contribution < 1.29 is 9.63 Å². The highest BCUT2D eigenvalue weighted by molar-refractivity contribution is 9.10. The zero-order valence-electron chi connectivity index (χ0n) is 8.87. The molecule has 0 aliphatic rings. The van der Waals surface area contributed by atoms with Crippen LogP contribution in [-0.2, 0) is 4.84 Å². The van der Waals surface area contributed by atoms with Gasteiger partial charge in [0.2, 0.25) is 0 Å². The molecule has 1 aromatic rings. The molecule has 0 atom stereocenters. The van der Waals surface area contributed by atoms with E-state index >= 15 is 0 Å². The first-order valence-electron chi connectivity index (χ1n) is 4.48. The van der Waals surface area contributed by atoms with Crippen LogP contribution in [0.15, 0.2) is 22.8 Å². The molecule has 0 aromatic carbocycles. The molecule has 5 heteroatoms. The van der Waals surface area contributed by atoms with E-state index in [2.05, 4.69) is 26.4 Å². The van der Waals surface area contributed by atoms with E-state index in [9.17, 15) is 4.79 Å². The minimum absolute atomic E-state index is 0.322. The van der Waals surface area contributed by atoms with Gasteiger partial charge in [-0.15, -0.1) is 0 Å². The Labute approximate surface area is 97.1 Å². The number of aromatic nitrogens is 1. The molecule has 0 saturated heterocycles. The summed E-state index contributed by atoms with van der Waals surface area (Å²) in [5.74, 6) is -0.350. The molecule has 1 N–H and O–H groups in total. The van der Waals surface area contributed by atoms with E-state index < -0.39 is 5.60 Å². The molecule has 0 spiro atoms. The molecule has 0 radical (unpaired) electrons. The second-order valence-corrected chi connectivity index (χ2v) is 4.92. The van der Waals surface area contributed by atoms with Gasteiger partial charge in [-0.1, -0.05) is 0 Å². The molecule has 1 aromatic heterocycles. The average molecular weight is 273 g/mol. The second kappa shape index (κ2) is 4.72. The van der Waals surface area contributed by atoms with Crippen LogP contribution in [0.1, 0.15) is 31.3 Å². The number of nitrogens with zero attached hydrogens (tertiary/aromatic N) is 1. The van der Waals surface area contributed by atoms with Gasteiger partial charge >= 0.3 is 0 Å². The van der Waals surface area contributed by atoms with Crippen LogP contribution in [0.3, 0.4) is 0 Å². The predicted molar refractivity (Wildman–Crippen MR) is 60.2 cm³/mol. The fourth-order valence-electron chi connectivity index (χ4n) is 0.762. The molecule has 0 aliphatic carbocycles. The van der Waals surface area contributed by atoms with E-state index in [0.29, 0.717) is 5.69 Å². The smallest absolute Gasteiger partial charge is 0.268 e. The zero-order chi connectivity index (χ0) is 11.5. The van der Waals surface area contributed by atoms with Crippen LogP contribution in [0.4, 0.5) is 0 Å². The Morgan fingerprint density at radius 1 is 1.47 bits per heavy atom. The summed E-state index contributed by atoms with van der Waals surface area (Å²) in [4.78, 5) is 20.6. The minimum Gasteiger partial charge on any atom is -0.268 e. The zero-order valence-corrected chi connectivity index (χ0v) is 10.5. The number of pyridine rings is 1. The molecule has 0 saturated carbocycles. The van der Waals surface area contributed by atoms with Crippen LogP contribution in [0.2, 0.25) is 0 Å². The van der Waals surface area contributed by atoms with Gasteiger partial charge in [0.05, 0.1) is 5.60 Å². The van der Waals surface area contributed by atoms with E-state index in [4.69, 9.17) is 4.84 Å². The first-order valence-corrected chi connectivity index (χ1v) is 5.28. The van der Waals surface area contributed by atoms with Crippen molar-refractivity contribution in [2.24, 2.45) is 0 Å². The summed E-state index contributed by atoms with van der Waals surface area (Å²) in [6.07, 6.45) is 1.56. The lowest BCUT2D eigenvalue weighted by molar-refractivity contribution is -0.0591. The van der Waals surface area contributed by atoms with Crippen molar-refractivity contribution >= 4 is 21.8 Å². The Hall–Kier alpha value is -0.940. The highest BCUT2D eigenvalue weighted by atomic mass is 79.9. The molecular formula is C10H13BrN2O2. The highest BCUT2D eigenvalue weighted by Gasteiger charge is 2.14. The standard InChI is InChI=1S/C10H13BrN2O2/c1-10(2,3)15-13-9(14)8-5-4-7(11)6-12-8/h4-6H,1-3H3,(H,13,14). The normalized spacial score (nSPS) is 11.2. The Balaban J connectivity index is 2.58. The molecule has 1 amide bonds. The number of hydrogen-bond acceptors (Lipinski definition) is 3. The lowest BCUT2D eigenvalue weighted by atomic mass is 10.2. The maximum absolute atomic E-state index is 11.5. The summed E-state index contributed by atoms with van der Waals surface area (Å²) in [6, 6.07) is 3.37. The topological polar surface area (TPSA) is 51.2 Å². The van der Waals surface area contributed by atoms with Crippen molar-refractivity contribution in [3.05, 3.63) is 28.5 Å². The summed E-state index contributed by atoms with van der Waals surface area (Å²) < 4.78 is 0.829. The number of carbonyl (C=O) groups is 1. The van der Waals surface area contributed by atoms with Crippen molar-refractivity contribution in [3.63, 3.8) is 0 Å². The monoisotopic (exact) mass is 272 g/mol. The summed E-state index contributed by atoms with van der Waals surface area (Å²) >= 11 is 3.24. The molecule has 15 heavy (non-hydrogen) atoms. The van der Waals surface area contributed by atoms with Crippen LogP contribution in [0, 0.1) is 0 Å². The molecule has 82 valence electrons. The van der Waals surface area contributed by atoms with Crippen molar-refractivity contribution in [2.75, 3.05) is 0 Å². The number of nitrogens with one attached hydrogen (secondary N) is 1. The van der Waals surface area contributed by atoms with Crippen molar-refractivity contribution in [1.29, 1.82) is 0 Å². The fourth-order valence-corrected chi connectivity index (χ4v) is 0.996. The van der Waals surface area contributed by atoms with E-state index in [0.717, 1.165) is 4.47 Å². The minimum atomic E-state index is -0.412. The van der Waals surface area contributed by atoms with Gasteiger partial charge in [0.1, 0.15) is 5.69 Å². The fraction of sp³-hybridized carbons (Fsp3) is 0.400. The Bertz CT molecular complexity index is 343. The van der Waals surface area contributed by atoms with Gasteiger partial charge in [-0.2, -0.15) is 0 Å². The average Bonchev–Trinajstić information content (AvgIpc) is 2.14. The molecule has 0 unspecified atom stereocenters. The van der Waals surface area contributed by atoms with Gasteiger partial charge < -0.3 is 0 Å². The van der Waals surface area contributed by atoms with Crippen LogP contribution < -0.4 is 5.48 Å². The van der Waals surface area contributed by atoms with Crippen LogP contribution in [0.5, 0.6) is 0 Å². The first-order chi connectivity index (χ1) is 6.88. The number of amides is 1. The summed E-state index contributed by atoms with van der Waals surface area (Å²) in [5, 5.41) is 0. The van der Waals surface area contributed by atoms with E-state index in [-0.39, 0.29) is 5.91 Å².